The summed E-state index contributed by atoms with van der Waals surface area (Å²) in [7, 11) is 1.51. The van der Waals surface area contributed by atoms with Crippen molar-refractivity contribution in [2.45, 2.75) is 31.6 Å². The van der Waals surface area contributed by atoms with Gasteiger partial charge in [-0.2, -0.15) is 0 Å². The van der Waals surface area contributed by atoms with Crippen LogP contribution < -0.4 is 5.32 Å². The molecule has 0 unspecified atom stereocenters. The summed E-state index contributed by atoms with van der Waals surface area (Å²) < 4.78 is 40.9. The monoisotopic (exact) mass is 577 g/mol. The number of aromatic nitrogens is 2. The van der Waals surface area contributed by atoms with Gasteiger partial charge in [0.25, 0.3) is 5.91 Å². The summed E-state index contributed by atoms with van der Waals surface area (Å²) in [5, 5.41) is 3.15. The van der Waals surface area contributed by atoms with Crippen molar-refractivity contribution < 1.29 is 27.2 Å². The Kier molecular flexibility index (Phi) is 6.19. The first-order chi connectivity index (χ1) is 20.8. The van der Waals surface area contributed by atoms with Crippen LogP contribution in [0.2, 0.25) is 0 Å². The van der Waals surface area contributed by atoms with Crippen molar-refractivity contribution in [1.82, 2.24) is 15.3 Å². The number of carbonyl (C=O) groups is 2. The molecule has 1 fully saturated rings. The Hall–Kier alpha value is -5.18. The number of pyridine rings is 1. The van der Waals surface area contributed by atoms with Gasteiger partial charge in [0.1, 0.15) is 28.5 Å². The van der Waals surface area contributed by atoms with Crippen LogP contribution in [0, 0.1) is 18.6 Å². The van der Waals surface area contributed by atoms with Crippen molar-refractivity contribution in [2.24, 2.45) is 0 Å². The van der Waals surface area contributed by atoms with Crippen LogP contribution in [0.5, 0.6) is 0 Å². The zero-order chi connectivity index (χ0) is 29.9. The summed E-state index contributed by atoms with van der Waals surface area (Å²) in [5.41, 5.74) is 3.73. The number of fused-ring (bicyclic) bond motifs is 2. The third kappa shape index (κ3) is 4.57. The zero-order valence-electron chi connectivity index (χ0n) is 23.3. The van der Waals surface area contributed by atoms with Gasteiger partial charge in [0.2, 0.25) is 5.89 Å². The number of benzene rings is 3. The van der Waals surface area contributed by atoms with Crippen molar-refractivity contribution >= 4 is 33.8 Å². The van der Waals surface area contributed by atoms with Gasteiger partial charge in [-0.15, -0.1) is 0 Å². The van der Waals surface area contributed by atoms with E-state index in [9.17, 15) is 14.0 Å². The Labute approximate surface area is 244 Å². The van der Waals surface area contributed by atoms with Crippen LogP contribution in [-0.2, 0) is 5.41 Å². The molecule has 0 bridgehead atoms. The van der Waals surface area contributed by atoms with E-state index in [1.165, 1.54) is 25.2 Å². The zero-order valence-corrected chi connectivity index (χ0v) is 23.3. The van der Waals surface area contributed by atoms with Gasteiger partial charge >= 0.3 is 0 Å². The van der Waals surface area contributed by atoms with Crippen LogP contribution >= 0.6 is 0 Å². The number of ketones is 1. The summed E-state index contributed by atoms with van der Waals surface area (Å²) in [6.07, 6.45) is 4.88. The molecule has 1 aliphatic carbocycles. The predicted molar refractivity (Wildman–Crippen MR) is 157 cm³/mol. The standard InChI is InChI=1S/C34H25F2N3O4/c1-18-23(20-5-8-28-24(13-20)30(32(41)37-2)31(42-28)19-3-6-22(35)7-4-19)14-21(15-25(18)36)27(40)16-34(10-11-34)33-39-26-17-38-12-9-29(26)43-33/h3-9,12-15,17H,10-11,16H2,1-2H3,(H,37,41). The Bertz CT molecular complexity index is 2040. The molecule has 0 radical (unpaired) electrons. The second-order valence-corrected chi connectivity index (χ2v) is 11.0. The highest BCUT2D eigenvalue weighted by atomic mass is 19.1. The lowest BCUT2D eigenvalue weighted by molar-refractivity contribution is 0.0956. The van der Waals surface area contributed by atoms with Gasteiger partial charge in [-0.25, -0.2) is 13.8 Å². The molecule has 0 spiro atoms. The van der Waals surface area contributed by atoms with Gasteiger partial charge in [-0.05, 0) is 85.0 Å². The van der Waals surface area contributed by atoms with Crippen LogP contribution in [0.25, 0.3) is 44.5 Å². The minimum Gasteiger partial charge on any atom is -0.455 e. The lowest BCUT2D eigenvalue weighted by Gasteiger charge is -2.13. The first kappa shape index (κ1) is 26.7. The van der Waals surface area contributed by atoms with Crippen molar-refractivity contribution in [3.05, 3.63) is 107 Å². The maximum Gasteiger partial charge on any atom is 0.255 e. The van der Waals surface area contributed by atoms with Crippen LogP contribution in [-0.4, -0.2) is 28.7 Å². The van der Waals surface area contributed by atoms with Crippen molar-refractivity contribution in [3.63, 3.8) is 0 Å². The number of nitrogens with zero attached hydrogens (tertiary/aromatic N) is 2. The quantitative estimate of drug-likeness (QED) is 0.197. The number of halogens is 2. The largest absolute Gasteiger partial charge is 0.455 e. The first-order valence-electron chi connectivity index (χ1n) is 13.9. The first-order valence-corrected chi connectivity index (χ1v) is 13.9. The van der Waals surface area contributed by atoms with Crippen molar-refractivity contribution in [2.75, 3.05) is 7.05 Å². The Morgan fingerprint density at radius 3 is 2.44 bits per heavy atom. The van der Waals surface area contributed by atoms with E-state index in [1.54, 1.807) is 61.8 Å². The maximum atomic E-state index is 15.3. The van der Waals surface area contributed by atoms with Gasteiger partial charge in [0.15, 0.2) is 11.4 Å². The molecule has 1 saturated carbocycles. The van der Waals surface area contributed by atoms with E-state index in [2.05, 4.69) is 15.3 Å². The summed E-state index contributed by atoms with van der Waals surface area (Å²) in [6.45, 7) is 1.65. The SMILES string of the molecule is CNC(=O)c1c(-c2ccc(F)cc2)oc2ccc(-c3cc(C(=O)CC4(c5nc6cnccc6o5)CC4)cc(F)c3C)cc12. The molecule has 1 aliphatic rings. The number of hydrogen-bond donors (Lipinski definition) is 1. The Morgan fingerprint density at radius 1 is 0.953 bits per heavy atom. The molecule has 0 aliphatic heterocycles. The minimum absolute atomic E-state index is 0.137. The lowest BCUT2D eigenvalue weighted by atomic mass is 9.91. The summed E-state index contributed by atoms with van der Waals surface area (Å²) in [6, 6.07) is 15.6. The van der Waals surface area contributed by atoms with Crippen LogP contribution in [0.4, 0.5) is 8.78 Å². The number of amides is 1. The average molecular weight is 578 g/mol. The molecule has 7 nitrogen and oxygen atoms in total. The molecule has 43 heavy (non-hydrogen) atoms. The highest BCUT2D eigenvalue weighted by Crippen LogP contribution is 2.52. The van der Waals surface area contributed by atoms with Crippen LogP contribution in [0.3, 0.4) is 0 Å². The number of Topliss-reactive ketones (excluding diaryl/α,β-unsaturated/α-hetero) is 1. The van der Waals surface area contributed by atoms with E-state index in [0.717, 1.165) is 12.8 Å². The predicted octanol–water partition coefficient (Wildman–Crippen LogP) is 7.55. The van der Waals surface area contributed by atoms with Gasteiger partial charge in [0.05, 0.1) is 17.2 Å². The molecule has 9 heteroatoms. The fraction of sp³-hybridized carbons (Fsp3) is 0.176. The highest BCUT2D eigenvalue weighted by molar-refractivity contribution is 6.12. The van der Waals surface area contributed by atoms with E-state index in [0.29, 0.717) is 56.0 Å². The molecule has 3 aromatic carbocycles. The lowest BCUT2D eigenvalue weighted by Crippen LogP contribution is -2.18. The molecular weight excluding hydrogens is 552 g/mol. The molecular formula is C34H25F2N3O4. The third-order valence-electron chi connectivity index (χ3n) is 8.22. The van der Waals surface area contributed by atoms with Gasteiger partial charge in [-0.1, -0.05) is 6.07 Å². The van der Waals surface area contributed by atoms with E-state index in [4.69, 9.17) is 8.83 Å². The van der Waals surface area contributed by atoms with E-state index in [1.807, 2.05) is 0 Å². The van der Waals surface area contributed by atoms with Crippen LogP contribution in [0.15, 0.2) is 81.9 Å². The van der Waals surface area contributed by atoms with Gasteiger partial charge in [-0.3, -0.25) is 14.6 Å². The van der Waals surface area contributed by atoms with Gasteiger partial charge < -0.3 is 14.2 Å². The average Bonchev–Trinajstić information content (AvgIpc) is 3.49. The molecule has 3 aromatic heterocycles. The number of nitrogens with one attached hydrogen (secondary N) is 1. The summed E-state index contributed by atoms with van der Waals surface area (Å²) >= 11 is 0. The number of carbonyl (C=O) groups excluding carboxylic acids is 2. The molecule has 214 valence electrons. The smallest absolute Gasteiger partial charge is 0.255 e. The van der Waals surface area contributed by atoms with Crippen molar-refractivity contribution in [3.8, 4) is 22.5 Å². The fourth-order valence-electron chi connectivity index (χ4n) is 5.59. The molecule has 6 aromatic rings. The van der Waals surface area contributed by atoms with Gasteiger partial charge in [0, 0.05) is 42.2 Å². The van der Waals surface area contributed by atoms with E-state index in [-0.39, 0.29) is 29.2 Å². The molecule has 0 saturated heterocycles. The third-order valence-corrected chi connectivity index (χ3v) is 8.22. The number of rotatable bonds is 7. The Morgan fingerprint density at radius 2 is 1.72 bits per heavy atom. The molecule has 1 N–H and O–H groups in total. The topological polar surface area (TPSA) is 98.2 Å². The summed E-state index contributed by atoms with van der Waals surface area (Å²) in [4.78, 5) is 35.2. The van der Waals surface area contributed by atoms with E-state index >= 15 is 4.39 Å². The minimum atomic E-state index is -0.521. The number of hydrogen-bond acceptors (Lipinski definition) is 6. The van der Waals surface area contributed by atoms with Crippen molar-refractivity contribution in [1.29, 1.82) is 0 Å². The number of oxazole rings is 1. The second-order valence-electron chi connectivity index (χ2n) is 11.0. The molecule has 3 heterocycles. The normalized spacial score (nSPS) is 13.9. The number of furan rings is 1. The summed E-state index contributed by atoms with van der Waals surface area (Å²) in [5.74, 6) is -0.721. The molecule has 1 amide bonds. The molecule has 0 atom stereocenters. The highest BCUT2D eigenvalue weighted by Gasteiger charge is 2.50. The van der Waals surface area contributed by atoms with E-state index < -0.39 is 17.0 Å². The second kappa shape index (κ2) is 9.97. The maximum absolute atomic E-state index is 15.3. The van der Waals surface area contributed by atoms with Crippen LogP contribution in [0.1, 0.15) is 51.4 Å². The molecule has 7 rings (SSSR count). The Balaban J connectivity index is 1.27. The fourth-order valence-corrected chi connectivity index (χ4v) is 5.59.